The van der Waals surface area contributed by atoms with E-state index in [1.807, 2.05) is 0 Å². The number of ether oxygens (including phenoxy) is 4. The zero-order valence-electron chi connectivity index (χ0n) is 67.8. The minimum absolute atomic E-state index is 0.107. The van der Waals surface area contributed by atoms with Crippen molar-refractivity contribution in [2.45, 2.75) is 458 Å². The number of phosphoric ester groups is 2. The summed E-state index contributed by atoms with van der Waals surface area (Å²) in [6.07, 6.45) is 63.9. The van der Waals surface area contributed by atoms with Crippen LogP contribution < -0.4 is 0 Å². The monoisotopic (exact) mass is 1510 g/mol. The van der Waals surface area contributed by atoms with Gasteiger partial charge in [-0.3, -0.25) is 37.3 Å². The van der Waals surface area contributed by atoms with Gasteiger partial charge in [-0.2, -0.15) is 0 Å². The van der Waals surface area contributed by atoms with Crippen LogP contribution in [0.15, 0.2) is 0 Å². The van der Waals surface area contributed by atoms with Crippen LogP contribution in [0, 0.1) is 17.8 Å². The summed E-state index contributed by atoms with van der Waals surface area (Å²) >= 11 is 0. The highest BCUT2D eigenvalue weighted by Gasteiger charge is 2.30. The second kappa shape index (κ2) is 74.2. The Hall–Kier alpha value is -1.94. The van der Waals surface area contributed by atoms with Gasteiger partial charge in [-0.1, -0.05) is 389 Å². The van der Waals surface area contributed by atoms with Crippen molar-refractivity contribution in [3.8, 4) is 0 Å². The van der Waals surface area contributed by atoms with Crippen LogP contribution in [0.2, 0.25) is 0 Å². The number of aliphatic hydroxyl groups excluding tert-OH is 1. The summed E-state index contributed by atoms with van der Waals surface area (Å²) < 4.78 is 68.8. The second-order valence-corrected chi connectivity index (χ2v) is 34.6. The minimum atomic E-state index is -4.96. The predicted octanol–water partition coefficient (Wildman–Crippen LogP) is 25.3. The lowest BCUT2D eigenvalue weighted by molar-refractivity contribution is -0.161. The molecule has 19 heteroatoms. The summed E-state index contributed by atoms with van der Waals surface area (Å²) in [7, 11) is -9.92. The number of rotatable bonds is 82. The number of carbonyl (C=O) groups excluding carboxylic acids is 4. The van der Waals surface area contributed by atoms with Gasteiger partial charge in [0.25, 0.3) is 0 Å². The molecule has 0 saturated carbocycles. The number of carbonyl (C=O) groups is 4. The Balaban J connectivity index is 5.23. The molecule has 0 bridgehead atoms. The quantitative estimate of drug-likeness (QED) is 0.0222. The first-order valence-corrected chi connectivity index (χ1v) is 46.3. The molecule has 0 saturated heterocycles. The second-order valence-electron chi connectivity index (χ2n) is 31.6. The van der Waals surface area contributed by atoms with Gasteiger partial charge < -0.3 is 33.8 Å². The molecule has 0 aromatic carbocycles. The first kappa shape index (κ1) is 101. The molecule has 0 heterocycles. The molecule has 0 aliphatic rings. The van der Waals surface area contributed by atoms with Crippen molar-refractivity contribution >= 4 is 39.5 Å². The van der Waals surface area contributed by atoms with Crippen LogP contribution in [0.5, 0.6) is 0 Å². The maximum absolute atomic E-state index is 13.1. The van der Waals surface area contributed by atoms with Crippen molar-refractivity contribution in [2.24, 2.45) is 17.8 Å². The van der Waals surface area contributed by atoms with E-state index in [-0.39, 0.29) is 25.7 Å². The van der Waals surface area contributed by atoms with Crippen molar-refractivity contribution < 1.29 is 80.2 Å². The molecule has 0 spiro atoms. The van der Waals surface area contributed by atoms with Gasteiger partial charge in [0, 0.05) is 25.7 Å². The van der Waals surface area contributed by atoms with E-state index in [0.29, 0.717) is 25.7 Å². The van der Waals surface area contributed by atoms with E-state index in [2.05, 4.69) is 48.5 Å². The maximum Gasteiger partial charge on any atom is 0.472 e. The van der Waals surface area contributed by atoms with Gasteiger partial charge in [0.2, 0.25) is 0 Å². The molecule has 0 amide bonds. The Labute approximate surface area is 632 Å². The summed E-state index contributed by atoms with van der Waals surface area (Å²) in [6, 6.07) is 0. The van der Waals surface area contributed by atoms with Crippen LogP contribution >= 0.6 is 15.6 Å². The fourth-order valence-corrected chi connectivity index (χ4v) is 14.6. The molecular formula is C84H164O17P2. The first-order valence-electron chi connectivity index (χ1n) is 43.3. The minimum Gasteiger partial charge on any atom is -0.462 e. The number of aliphatic hydroxyl groups is 1. The van der Waals surface area contributed by atoms with E-state index >= 15 is 0 Å². The van der Waals surface area contributed by atoms with Crippen LogP contribution in [0.1, 0.15) is 440 Å². The summed E-state index contributed by atoms with van der Waals surface area (Å²) in [4.78, 5) is 73.1. The summed E-state index contributed by atoms with van der Waals surface area (Å²) in [5, 5.41) is 10.7. The Kier molecular flexibility index (Phi) is 72.8. The largest absolute Gasteiger partial charge is 0.472 e. The van der Waals surface area contributed by atoms with Gasteiger partial charge in [-0.25, -0.2) is 9.13 Å². The molecular weight excluding hydrogens is 1340 g/mol. The molecule has 3 N–H and O–H groups in total. The molecule has 0 radical (unpaired) electrons. The third-order valence-electron chi connectivity index (χ3n) is 19.6. The molecule has 0 fully saturated rings. The smallest absolute Gasteiger partial charge is 0.462 e. The number of hydrogen-bond donors (Lipinski definition) is 3. The van der Waals surface area contributed by atoms with Gasteiger partial charge >= 0.3 is 39.5 Å². The zero-order chi connectivity index (χ0) is 75.8. The topological polar surface area (TPSA) is 237 Å². The SMILES string of the molecule is CCCCCCCCCCCCCCCC(=O)O[C@H](COC(=O)CCCCCCCCCCC(C)C)COP(=O)(O)OC[C@H](O)COP(=O)(O)OC[C@@H](COC(=O)CCCCCCCCCCCCCCCCCC(C)C)OC(=O)CCCCCCCCCCCCCCCCCCCCC(C)C. The van der Waals surface area contributed by atoms with Gasteiger partial charge in [-0.05, 0) is 43.4 Å². The summed E-state index contributed by atoms with van der Waals surface area (Å²) in [5.41, 5.74) is 0. The van der Waals surface area contributed by atoms with Crippen LogP contribution in [0.4, 0.5) is 0 Å². The molecule has 17 nitrogen and oxygen atoms in total. The molecule has 0 aromatic heterocycles. The van der Waals surface area contributed by atoms with Crippen LogP contribution in [0.25, 0.3) is 0 Å². The van der Waals surface area contributed by atoms with E-state index in [1.165, 1.54) is 250 Å². The molecule has 103 heavy (non-hydrogen) atoms. The highest BCUT2D eigenvalue weighted by Crippen LogP contribution is 2.45. The Morgan fingerprint density at radius 2 is 0.447 bits per heavy atom. The third kappa shape index (κ3) is 78.0. The van der Waals surface area contributed by atoms with Crippen molar-refractivity contribution in [3.05, 3.63) is 0 Å². The number of unbranched alkanes of at least 4 members (excludes halogenated alkanes) is 50. The number of phosphoric acid groups is 2. The van der Waals surface area contributed by atoms with Crippen molar-refractivity contribution in [1.82, 2.24) is 0 Å². The Morgan fingerprint density at radius 1 is 0.262 bits per heavy atom. The Morgan fingerprint density at radius 3 is 0.660 bits per heavy atom. The van der Waals surface area contributed by atoms with E-state index < -0.39 is 97.5 Å². The molecule has 0 aromatic rings. The predicted molar refractivity (Wildman–Crippen MR) is 423 cm³/mol. The molecule has 5 atom stereocenters. The first-order chi connectivity index (χ1) is 49.7. The fraction of sp³-hybridized carbons (Fsp3) is 0.952. The third-order valence-corrected chi connectivity index (χ3v) is 21.5. The standard InChI is InChI=1S/C84H164O17P2/c1-8-9-10-11-12-13-14-24-32-37-46-53-60-67-83(88)101-80(72-95-82(87)66-59-52-45-40-39-43-50-57-64-77(6)7)74-99-103(92,93)97-70-78(85)69-96-102(90,91)98-73-79(71-94-81(86)65-58-51-44-36-31-27-23-19-21-26-30-35-42-49-56-63-76(4)5)100-84(89)68-61-54-47-38-33-28-22-18-16-15-17-20-25-29-34-41-48-55-62-75(2)3/h75-80,85H,8-74H2,1-7H3,(H,90,91)(H,92,93)/t78-,79-,80-/m1/s1. The maximum atomic E-state index is 13.1. The summed E-state index contributed by atoms with van der Waals surface area (Å²) in [6.45, 7) is 12.0. The van der Waals surface area contributed by atoms with E-state index in [4.69, 9.17) is 37.0 Å². The molecule has 612 valence electrons. The van der Waals surface area contributed by atoms with Gasteiger partial charge in [0.15, 0.2) is 12.2 Å². The van der Waals surface area contributed by atoms with Crippen LogP contribution in [-0.4, -0.2) is 96.7 Å². The lowest BCUT2D eigenvalue weighted by Crippen LogP contribution is -2.30. The zero-order valence-corrected chi connectivity index (χ0v) is 69.6. The molecule has 0 aliphatic heterocycles. The average Bonchev–Trinajstić information content (AvgIpc) is 0.920. The average molecular weight is 1510 g/mol. The lowest BCUT2D eigenvalue weighted by atomic mass is 10.0. The van der Waals surface area contributed by atoms with E-state index in [9.17, 15) is 43.2 Å². The van der Waals surface area contributed by atoms with Gasteiger partial charge in [-0.15, -0.1) is 0 Å². The lowest BCUT2D eigenvalue weighted by Gasteiger charge is -2.21. The highest BCUT2D eigenvalue weighted by atomic mass is 31.2. The highest BCUT2D eigenvalue weighted by molar-refractivity contribution is 7.47. The van der Waals surface area contributed by atoms with Crippen LogP contribution in [0.3, 0.4) is 0 Å². The molecule has 2 unspecified atom stereocenters. The van der Waals surface area contributed by atoms with Gasteiger partial charge in [0.1, 0.15) is 19.3 Å². The normalized spacial score (nSPS) is 13.9. The van der Waals surface area contributed by atoms with Crippen molar-refractivity contribution in [1.29, 1.82) is 0 Å². The van der Waals surface area contributed by atoms with Crippen molar-refractivity contribution in [3.63, 3.8) is 0 Å². The summed E-state index contributed by atoms with van der Waals surface area (Å²) in [5.74, 6) is 0.247. The number of esters is 4. The van der Waals surface area contributed by atoms with Crippen molar-refractivity contribution in [2.75, 3.05) is 39.6 Å². The van der Waals surface area contributed by atoms with Crippen LogP contribution in [-0.2, 0) is 65.4 Å². The van der Waals surface area contributed by atoms with Gasteiger partial charge in [0.05, 0.1) is 26.4 Å². The number of hydrogen-bond acceptors (Lipinski definition) is 15. The van der Waals surface area contributed by atoms with E-state index in [1.54, 1.807) is 0 Å². The van der Waals surface area contributed by atoms with E-state index in [0.717, 1.165) is 108 Å². The Bertz CT molecular complexity index is 1990. The molecule has 0 rings (SSSR count). The fourth-order valence-electron chi connectivity index (χ4n) is 13.0. The molecule has 0 aliphatic carbocycles.